The number of hydrogen-bond donors (Lipinski definition) is 0. The fraction of sp³-hybridized carbons (Fsp3) is 0.500. The first-order chi connectivity index (χ1) is 8.06. The summed E-state index contributed by atoms with van der Waals surface area (Å²) in [5.41, 5.74) is 0. The van der Waals surface area contributed by atoms with Crippen LogP contribution in [0.4, 0.5) is 0 Å². The molecule has 0 spiro atoms. The average molecular weight is 254 g/mol. The molecule has 1 aliphatic rings. The van der Waals surface area contributed by atoms with E-state index < -0.39 is 11.1 Å². The van der Waals surface area contributed by atoms with Gasteiger partial charge in [0.15, 0.2) is 0 Å². The van der Waals surface area contributed by atoms with Gasteiger partial charge >= 0.3 is 0 Å². The molecule has 1 fully saturated rings. The van der Waals surface area contributed by atoms with Gasteiger partial charge in [0, 0.05) is 24.0 Å². The molecule has 1 aromatic rings. The van der Waals surface area contributed by atoms with Crippen LogP contribution in [0.3, 0.4) is 0 Å². The molecule has 0 aliphatic carbocycles. The molecule has 0 N–H and O–H groups in total. The first-order valence-corrected chi connectivity index (χ1v) is 6.74. The van der Waals surface area contributed by atoms with Gasteiger partial charge in [0.2, 0.25) is 0 Å². The minimum Gasteiger partial charge on any atom is -0.768 e. The summed E-state index contributed by atoms with van der Waals surface area (Å²) in [5.74, 6) is 0.625. The summed E-state index contributed by atoms with van der Waals surface area (Å²) >= 11 is -2.19. The van der Waals surface area contributed by atoms with E-state index in [0.717, 1.165) is 13.1 Å². The van der Waals surface area contributed by atoms with Crippen LogP contribution >= 0.6 is 0 Å². The Hall–Kier alpha value is -0.910. The smallest absolute Gasteiger partial charge is 0.124 e. The van der Waals surface area contributed by atoms with Crippen molar-refractivity contribution in [2.24, 2.45) is 0 Å². The number of rotatable bonds is 4. The van der Waals surface area contributed by atoms with Gasteiger partial charge in [-0.25, -0.2) is 0 Å². The van der Waals surface area contributed by atoms with Crippen molar-refractivity contribution in [3.8, 4) is 5.75 Å². The molecule has 0 amide bonds. The van der Waals surface area contributed by atoms with E-state index in [2.05, 4.69) is 18.7 Å². The quantitative estimate of drug-likeness (QED) is 0.762. The van der Waals surface area contributed by atoms with E-state index in [-0.39, 0.29) is 11.0 Å². The first-order valence-electron chi connectivity index (χ1n) is 5.66. The van der Waals surface area contributed by atoms with Crippen molar-refractivity contribution in [3.63, 3.8) is 0 Å². The summed E-state index contributed by atoms with van der Waals surface area (Å²) in [4.78, 5) is 2.57. The van der Waals surface area contributed by atoms with Crippen LogP contribution in [0.2, 0.25) is 0 Å². The highest BCUT2D eigenvalue weighted by atomic mass is 32.2. The second-order valence-electron chi connectivity index (χ2n) is 4.50. The normalized spacial score (nSPS) is 19.1. The van der Waals surface area contributed by atoms with Crippen LogP contribution in [0, 0.1) is 0 Å². The zero-order chi connectivity index (χ0) is 12.4. The van der Waals surface area contributed by atoms with Crippen LogP contribution in [0.5, 0.6) is 5.75 Å². The van der Waals surface area contributed by atoms with Gasteiger partial charge in [-0.3, -0.25) is 9.11 Å². The van der Waals surface area contributed by atoms with Crippen molar-refractivity contribution in [2.75, 3.05) is 13.1 Å². The second-order valence-corrected chi connectivity index (χ2v) is 5.44. The van der Waals surface area contributed by atoms with Gasteiger partial charge in [0.05, 0.1) is 0 Å². The van der Waals surface area contributed by atoms with E-state index in [9.17, 15) is 8.76 Å². The zero-order valence-electron chi connectivity index (χ0n) is 9.96. The maximum Gasteiger partial charge on any atom is 0.124 e. The maximum absolute atomic E-state index is 10.8. The van der Waals surface area contributed by atoms with E-state index in [0.29, 0.717) is 11.8 Å². The number of hydrogen-bond acceptors (Lipinski definition) is 4. The van der Waals surface area contributed by atoms with Gasteiger partial charge in [-0.05, 0) is 43.1 Å². The predicted molar refractivity (Wildman–Crippen MR) is 64.8 cm³/mol. The van der Waals surface area contributed by atoms with Crippen LogP contribution in [-0.4, -0.2) is 38.9 Å². The molecule has 0 saturated carbocycles. The Kier molecular flexibility index (Phi) is 3.81. The molecule has 0 aromatic heterocycles. The van der Waals surface area contributed by atoms with Crippen LogP contribution in [0.25, 0.3) is 0 Å². The maximum atomic E-state index is 10.8. The van der Waals surface area contributed by atoms with Gasteiger partial charge in [0.1, 0.15) is 11.9 Å². The topological polar surface area (TPSA) is 52.6 Å². The van der Waals surface area contributed by atoms with Gasteiger partial charge in [-0.2, -0.15) is 0 Å². The van der Waals surface area contributed by atoms with Gasteiger partial charge in [0.25, 0.3) is 0 Å². The SMILES string of the molecule is CC(C)N1CC(Oc2cccc(S(=O)[O-])c2)C1. The minimum atomic E-state index is -2.19. The van der Waals surface area contributed by atoms with Crippen molar-refractivity contribution in [2.45, 2.75) is 30.9 Å². The minimum absolute atomic E-state index is 0.174. The van der Waals surface area contributed by atoms with Gasteiger partial charge in [-0.1, -0.05) is 6.07 Å². The molecule has 1 aliphatic heterocycles. The lowest BCUT2D eigenvalue weighted by atomic mass is 10.1. The lowest BCUT2D eigenvalue weighted by Gasteiger charge is -2.41. The van der Waals surface area contributed by atoms with Gasteiger partial charge < -0.3 is 9.29 Å². The summed E-state index contributed by atoms with van der Waals surface area (Å²) in [5, 5.41) is 0. The number of ether oxygens (including phenoxy) is 1. The molecule has 1 unspecified atom stereocenters. The molecule has 5 heteroatoms. The van der Waals surface area contributed by atoms with E-state index in [1.165, 1.54) is 0 Å². The Balaban J connectivity index is 1.92. The lowest BCUT2D eigenvalue weighted by Crippen LogP contribution is -2.56. The van der Waals surface area contributed by atoms with E-state index in [1.54, 1.807) is 24.3 Å². The van der Waals surface area contributed by atoms with Crippen molar-refractivity contribution < 1.29 is 13.5 Å². The molecule has 1 atom stereocenters. The Bertz CT molecular complexity index is 416. The molecular weight excluding hydrogens is 238 g/mol. The molecule has 1 saturated heterocycles. The monoisotopic (exact) mass is 254 g/mol. The predicted octanol–water partition coefficient (Wildman–Crippen LogP) is 1.40. The third-order valence-corrected chi connectivity index (χ3v) is 3.55. The fourth-order valence-corrected chi connectivity index (χ4v) is 2.21. The summed E-state index contributed by atoms with van der Waals surface area (Å²) in [6, 6.07) is 7.13. The van der Waals surface area contributed by atoms with E-state index >= 15 is 0 Å². The summed E-state index contributed by atoms with van der Waals surface area (Å²) in [6.45, 7) is 6.11. The third-order valence-electron chi connectivity index (χ3n) is 2.91. The molecule has 0 bridgehead atoms. The highest BCUT2D eigenvalue weighted by Crippen LogP contribution is 2.21. The average Bonchev–Trinajstić information content (AvgIpc) is 2.22. The Labute approximate surface area is 104 Å². The molecular formula is C12H16NO3S-. The largest absolute Gasteiger partial charge is 0.768 e. The fourth-order valence-electron chi connectivity index (χ4n) is 1.81. The number of nitrogens with zero attached hydrogens (tertiary/aromatic N) is 1. The van der Waals surface area contributed by atoms with E-state index in [4.69, 9.17) is 4.74 Å². The lowest BCUT2D eigenvalue weighted by molar-refractivity contribution is 0.0000331. The van der Waals surface area contributed by atoms with Crippen molar-refractivity contribution >= 4 is 11.1 Å². The molecule has 94 valence electrons. The summed E-state index contributed by atoms with van der Waals surface area (Å²) < 4.78 is 27.3. The highest BCUT2D eigenvalue weighted by molar-refractivity contribution is 7.79. The Morgan fingerprint density at radius 3 is 2.76 bits per heavy atom. The molecule has 4 nitrogen and oxygen atoms in total. The van der Waals surface area contributed by atoms with Crippen LogP contribution in [0.1, 0.15) is 13.8 Å². The molecule has 2 rings (SSSR count). The van der Waals surface area contributed by atoms with E-state index in [1.807, 2.05) is 0 Å². The van der Waals surface area contributed by atoms with Crippen molar-refractivity contribution in [1.29, 1.82) is 0 Å². The Morgan fingerprint density at radius 2 is 2.18 bits per heavy atom. The number of benzene rings is 1. The third kappa shape index (κ3) is 3.06. The molecule has 1 aromatic carbocycles. The number of likely N-dealkylation sites (tertiary alicyclic amines) is 1. The molecule has 1 heterocycles. The van der Waals surface area contributed by atoms with Crippen LogP contribution in [0.15, 0.2) is 29.2 Å². The van der Waals surface area contributed by atoms with Gasteiger partial charge in [-0.15, -0.1) is 0 Å². The molecule has 0 radical (unpaired) electrons. The Morgan fingerprint density at radius 1 is 1.47 bits per heavy atom. The highest BCUT2D eigenvalue weighted by Gasteiger charge is 2.29. The van der Waals surface area contributed by atoms with Crippen molar-refractivity contribution in [1.82, 2.24) is 4.90 Å². The summed E-state index contributed by atoms with van der Waals surface area (Å²) in [7, 11) is 0. The zero-order valence-corrected chi connectivity index (χ0v) is 10.8. The van der Waals surface area contributed by atoms with Crippen LogP contribution in [-0.2, 0) is 11.1 Å². The second kappa shape index (κ2) is 5.16. The van der Waals surface area contributed by atoms with Crippen LogP contribution < -0.4 is 4.74 Å². The first kappa shape index (κ1) is 12.5. The standard InChI is InChI=1S/C12H17NO3S/c1-9(2)13-7-11(8-13)16-10-4-3-5-12(6-10)17(14)15/h3-6,9,11H,7-8H2,1-2H3,(H,14,15)/p-1. The molecule has 17 heavy (non-hydrogen) atoms. The van der Waals surface area contributed by atoms with Crippen molar-refractivity contribution in [3.05, 3.63) is 24.3 Å². The summed E-state index contributed by atoms with van der Waals surface area (Å²) in [6.07, 6.45) is 0.174.